The fourth-order valence-electron chi connectivity index (χ4n) is 3.04. The molecule has 0 amide bonds. The van der Waals surface area contributed by atoms with E-state index in [2.05, 4.69) is 43.8 Å². The molecular formula is C24H40N2O6SSi. The monoisotopic (exact) mass is 512 g/mol. The van der Waals surface area contributed by atoms with Crippen LogP contribution in [0.5, 0.6) is 0 Å². The van der Waals surface area contributed by atoms with Gasteiger partial charge in [-0.15, -0.1) is 0 Å². The summed E-state index contributed by atoms with van der Waals surface area (Å²) in [5.41, 5.74) is -0.592. The van der Waals surface area contributed by atoms with Crippen molar-refractivity contribution >= 4 is 31.6 Å². The average Bonchev–Trinajstić information content (AvgIpc) is 3.28. The van der Waals surface area contributed by atoms with Crippen molar-refractivity contribution < 1.29 is 28.2 Å². The Morgan fingerprint density at radius 1 is 1.26 bits per heavy atom. The number of carbonyl (C=O) groups is 1. The van der Waals surface area contributed by atoms with Gasteiger partial charge in [0, 0.05) is 18.5 Å². The van der Waals surface area contributed by atoms with E-state index in [1.165, 1.54) is 6.08 Å². The van der Waals surface area contributed by atoms with E-state index in [9.17, 15) is 4.79 Å². The summed E-state index contributed by atoms with van der Waals surface area (Å²) in [5.74, 6) is -0.898. The molecule has 0 aromatic carbocycles. The van der Waals surface area contributed by atoms with E-state index in [1.807, 2.05) is 34.6 Å². The van der Waals surface area contributed by atoms with Gasteiger partial charge in [-0.1, -0.05) is 20.8 Å². The van der Waals surface area contributed by atoms with Crippen LogP contribution < -0.4 is 0 Å². The van der Waals surface area contributed by atoms with Crippen LogP contribution in [0.25, 0.3) is 0 Å². The van der Waals surface area contributed by atoms with Crippen molar-refractivity contribution in [3.05, 3.63) is 30.4 Å². The van der Waals surface area contributed by atoms with Gasteiger partial charge in [0.2, 0.25) is 5.05 Å². The second-order valence-electron chi connectivity index (χ2n) is 11.4. The van der Waals surface area contributed by atoms with Crippen LogP contribution in [-0.2, 0) is 28.2 Å². The van der Waals surface area contributed by atoms with Gasteiger partial charge in [0.1, 0.15) is 17.8 Å². The van der Waals surface area contributed by atoms with Gasteiger partial charge in [-0.25, -0.2) is 9.78 Å². The molecule has 192 valence electrons. The topological polar surface area (TPSA) is 91.9 Å². The number of H-pyrrole nitrogens is 1. The number of hydrogen-bond donors (Lipinski definition) is 1. The molecule has 2 rings (SSSR count). The van der Waals surface area contributed by atoms with Gasteiger partial charge in [0.15, 0.2) is 26.0 Å². The molecule has 0 bridgehead atoms. The predicted octanol–water partition coefficient (Wildman–Crippen LogP) is 4.91. The van der Waals surface area contributed by atoms with Crippen LogP contribution in [0.2, 0.25) is 18.1 Å². The minimum atomic E-state index is -2.09. The van der Waals surface area contributed by atoms with E-state index >= 15 is 0 Å². The second kappa shape index (κ2) is 10.6. The van der Waals surface area contributed by atoms with E-state index in [4.69, 9.17) is 35.6 Å². The van der Waals surface area contributed by atoms with Crippen molar-refractivity contribution in [2.75, 3.05) is 6.61 Å². The maximum atomic E-state index is 12.3. The highest BCUT2D eigenvalue weighted by molar-refractivity contribution is 7.80. The molecule has 1 fully saturated rings. The smallest absolute Gasteiger partial charge is 0.331 e. The summed E-state index contributed by atoms with van der Waals surface area (Å²) in [5, 5.41) is 0.221. The third-order valence-corrected chi connectivity index (χ3v) is 10.5. The van der Waals surface area contributed by atoms with Crippen molar-refractivity contribution in [2.24, 2.45) is 0 Å². The molecule has 1 aromatic rings. The molecule has 1 aliphatic rings. The number of carbonyl (C=O) groups excluding carboxylic acids is 1. The number of aromatic amines is 1. The predicted molar refractivity (Wildman–Crippen MR) is 137 cm³/mol. The van der Waals surface area contributed by atoms with E-state index < -0.39 is 44.0 Å². The molecular weight excluding hydrogens is 472 g/mol. The number of nitrogens with one attached hydrogen (secondary N) is 1. The molecule has 8 nitrogen and oxygen atoms in total. The number of imidazole rings is 1. The Morgan fingerprint density at radius 2 is 1.91 bits per heavy atom. The summed E-state index contributed by atoms with van der Waals surface area (Å²) in [6, 6.07) is 0. The van der Waals surface area contributed by atoms with E-state index in [1.54, 1.807) is 18.5 Å². The van der Waals surface area contributed by atoms with Gasteiger partial charge in [0.25, 0.3) is 0 Å². The van der Waals surface area contributed by atoms with Crippen molar-refractivity contribution in [2.45, 2.75) is 103 Å². The number of thiocarbonyl (C=S) groups is 1. The summed E-state index contributed by atoms with van der Waals surface area (Å²) in [7, 11) is -2.09. The van der Waals surface area contributed by atoms with Crippen LogP contribution in [0.1, 0.15) is 61.2 Å². The fourth-order valence-corrected chi connectivity index (χ4v) is 4.29. The Bertz CT molecular complexity index is 871. The molecule has 1 aromatic heterocycles. The van der Waals surface area contributed by atoms with Crippen LogP contribution in [0.4, 0.5) is 0 Å². The first kappa shape index (κ1) is 28.6. The van der Waals surface area contributed by atoms with Crippen LogP contribution in [0.15, 0.2) is 24.5 Å². The molecule has 0 saturated carbocycles. The zero-order valence-electron chi connectivity index (χ0n) is 22.1. The quantitative estimate of drug-likeness (QED) is 0.227. The minimum absolute atomic E-state index is 0.0153. The van der Waals surface area contributed by atoms with E-state index in [-0.39, 0.29) is 16.7 Å². The third kappa shape index (κ3) is 8.26. The highest BCUT2D eigenvalue weighted by Gasteiger charge is 2.47. The molecule has 1 saturated heterocycles. The maximum absolute atomic E-state index is 12.3. The van der Waals surface area contributed by atoms with E-state index in [0.29, 0.717) is 5.82 Å². The molecule has 1 aliphatic heterocycles. The summed E-state index contributed by atoms with van der Waals surface area (Å²) in [4.78, 5) is 19.4. The van der Waals surface area contributed by atoms with Gasteiger partial charge < -0.3 is 28.4 Å². The Hall–Kier alpha value is -1.59. The lowest BCUT2D eigenvalue weighted by Gasteiger charge is -2.38. The number of aromatic nitrogens is 2. The van der Waals surface area contributed by atoms with Gasteiger partial charge in [-0.3, -0.25) is 0 Å². The lowest BCUT2D eigenvalue weighted by atomic mass is 10.1. The highest BCUT2D eigenvalue weighted by atomic mass is 32.1. The second-order valence-corrected chi connectivity index (χ2v) is 16.6. The normalized spacial score (nSPS) is 22.1. The zero-order valence-corrected chi connectivity index (χ0v) is 23.9. The molecule has 0 radical (unpaired) electrons. The first-order chi connectivity index (χ1) is 15.4. The average molecular weight is 513 g/mol. The maximum Gasteiger partial charge on any atom is 0.331 e. The van der Waals surface area contributed by atoms with Crippen LogP contribution >= 0.6 is 12.2 Å². The van der Waals surface area contributed by atoms with Crippen molar-refractivity contribution in [1.29, 1.82) is 0 Å². The minimum Gasteiger partial charge on any atom is -0.472 e. The first-order valence-corrected chi connectivity index (χ1v) is 14.8. The molecule has 10 heteroatoms. The van der Waals surface area contributed by atoms with E-state index in [0.717, 1.165) is 0 Å². The summed E-state index contributed by atoms with van der Waals surface area (Å²) in [6.45, 7) is 20.2. The summed E-state index contributed by atoms with van der Waals surface area (Å²) in [6.07, 6.45) is 4.55. The van der Waals surface area contributed by atoms with Gasteiger partial charge >= 0.3 is 5.97 Å². The number of rotatable bonds is 8. The molecule has 34 heavy (non-hydrogen) atoms. The first-order valence-electron chi connectivity index (χ1n) is 11.5. The number of ether oxygens (including phenoxy) is 4. The summed E-state index contributed by atoms with van der Waals surface area (Å²) < 4.78 is 30.3. The zero-order chi connectivity index (χ0) is 25.9. The van der Waals surface area contributed by atoms with Gasteiger partial charge in [-0.2, -0.15) is 0 Å². The molecule has 3 atom stereocenters. The fraction of sp³-hybridized carbons (Fsp3) is 0.708. The molecule has 0 unspecified atom stereocenters. The van der Waals surface area contributed by atoms with Crippen molar-refractivity contribution in [3.8, 4) is 0 Å². The number of nitrogens with zero attached hydrogens (tertiary/aromatic N) is 1. The van der Waals surface area contributed by atoms with Gasteiger partial charge in [0.05, 0.1) is 6.61 Å². The van der Waals surface area contributed by atoms with Crippen molar-refractivity contribution in [1.82, 2.24) is 9.97 Å². The number of hydrogen-bond acceptors (Lipinski definition) is 8. The summed E-state index contributed by atoms with van der Waals surface area (Å²) >= 11 is 5.48. The van der Waals surface area contributed by atoms with Crippen LogP contribution in [-0.4, -0.2) is 65.6 Å². The van der Waals surface area contributed by atoms with Crippen molar-refractivity contribution in [3.63, 3.8) is 0 Å². The Labute approximate surface area is 209 Å². The van der Waals surface area contributed by atoms with Crippen LogP contribution in [0.3, 0.4) is 0 Å². The SMILES string of the molecule is CC(C)(C)OC(=O)/C=C\[C@@H]1OC(C)(C)O[C@@H]1[C@@H](CO[Si](C)(C)C(C)(C)C)OC(=S)c1ncc[nH]1. The standard InChI is InChI=1S/C24H40N2O6SSi/c1-22(2,3)31-18(27)12-11-16-19(32-24(7,8)30-16)17(15-28-34(9,10)23(4,5)6)29-21(33)20-25-13-14-26-20/h11-14,16-17,19H,15H2,1-10H3,(H,25,26)/b12-11-/t16-,17+,19-/m0/s1. The highest BCUT2D eigenvalue weighted by Crippen LogP contribution is 2.38. The van der Waals surface area contributed by atoms with Gasteiger partial charge in [-0.05, 0) is 71.0 Å². The Kier molecular flexibility index (Phi) is 8.91. The molecule has 1 N–H and O–H groups in total. The molecule has 0 spiro atoms. The number of esters is 1. The Balaban J connectivity index is 2.28. The largest absolute Gasteiger partial charge is 0.472 e. The Morgan fingerprint density at radius 3 is 2.44 bits per heavy atom. The third-order valence-electron chi connectivity index (χ3n) is 5.72. The molecule has 2 heterocycles. The lowest BCUT2D eigenvalue weighted by molar-refractivity contribution is -0.154. The lowest BCUT2D eigenvalue weighted by Crippen LogP contribution is -2.47. The van der Waals surface area contributed by atoms with Crippen LogP contribution in [0, 0.1) is 0 Å². The molecule has 0 aliphatic carbocycles.